The zero-order valence-corrected chi connectivity index (χ0v) is 10.4. The lowest BCUT2D eigenvalue weighted by atomic mass is 10.0. The molecule has 1 aliphatic rings. The zero-order chi connectivity index (χ0) is 12.3. The molecule has 2 atom stereocenters. The van der Waals surface area contributed by atoms with Crippen molar-refractivity contribution in [1.29, 1.82) is 0 Å². The molecule has 17 heavy (non-hydrogen) atoms. The number of aliphatic hydroxyl groups excluding tert-OH is 1. The lowest BCUT2D eigenvalue weighted by Gasteiger charge is -2.31. The van der Waals surface area contributed by atoms with Crippen molar-refractivity contribution < 1.29 is 19.0 Å². The van der Waals surface area contributed by atoms with Crippen LogP contribution in [0.15, 0.2) is 16.5 Å². The first-order valence-electron chi connectivity index (χ1n) is 6.13. The van der Waals surface area contributed by atoms with Crippen LogP contribution in [0, 0.1) is 0 Å². The van der Waals surface area contributed by atoms with Crippen molar-refractivity contribution in [3.8, 4) is 0 Å². The maximum Gasteiger partial charge on any atom is 0.130 e. The number of furan rings is 1. The van der Waals surface area contributed by atoms with Gasteiger partial charge in [0.05, 0.1) is 18.3 Å². The predicted molar refractivity (Wildman–Crippen MR) is 62.5 cm³/mol. The molecule has 0 saturated carbocycles. The van der Waals surface area contributed by atoms with Crippen LogP contribution in [0.1, 0.15) is 38.2 Å². The van der Waals surface area contributed by atoms with Gasteiger partial charge < -0.3 is 19.0 Å². The number of hydrogen-bond acceptors (Lipinski definition) is 4. The number of ether oxygens (including phenoxy) is 2. The SMILES string of the molecule is CC1CC(OCc2ccc(CO)o2)CC(C)O1. The molecule has 1 aromatic heterocycles. The first-order chi connectivity index (χ1) is 8.17. The third kappa shape index (κ3) is 3.56. The average molecular weight is 240 g/mol. The second-order valence-electron chi connectivity index (χ2n) is 4.69. The number of rotatable bonds is 4. The highest BCUT2D eigenvalue weighted by Crippen LogP contribution is 2.22. The smallest absolute Gasteiger partial charge is 0.130 e. The molecule has 0 amide bonds. The molecule has 0 aliphatic carbocycles. The molecule has 2 rings (SSSR count). The zero-order valence-electron chi connectivity index (χ0n) is 10.4. The fraction of sp³-hybridized carbons (Fsp3) is 0.692. The third-order valence-corrected chi connectivity index (χ3v) is 2.99. The van der Waals surface area contributed by atoms with E-state index in [4.69, 9.17) is 19.0 Å². The van der Waals surface area contributed by atoms with E-state index in [1.807, 2.05) is 6.07 Å². The van der Waals surface area contributed by atoms with E-state index in [0.29, 0.717) is 12.4 Å². The fourth-order valence-corrected chi connectivity index (χ4v) is 2.27. The van der Waals surface area contributed by atoms with Gasteiger partial charge in [0.2, 0.25) is 0 Å². The largest absolute Gasteiger partial charge is 0.461 e. The Kier molecular flexibility index (Phi) is 4.20. The van der Waals surface area contributed by atoms with Crippen molar-refractivity contribution in [2.75, 3.05) is 0 Å². The minimum Gasteiger partial charge on any atom is -0.461 e. The van der Waals surface area contributed by atoms with Gasteiger partial charge in [-0.2, -0.15) is 0 Å². The summed E-state index contributed by atoms with van der Waals surface area (Å²) in [5.41, 5.74) is 0. The number of hydrogen-bond donors (Lipinski definition) is 1. The Morgan fingerprint density at radius 2 is 1.88 bits per heavy atom. The van der Waals surface area contributed by atoms with Crippen molar-refractivity contribution in [3.05, 3.63) is 23.7 Å². The van der Waals surface area contributed by atoms with Crippen molar-refractivity contribution in [2.45, 2.75) is 58.2 Å². The van der Waals surface area contributed by atoms with E-state index < -0.39 is 0 Å². The quantitative estimate of drug-likeness (QED) is 0.877. The van der Waals surface area contributed by atoms with E-state index in [9.17, 15) is 0 Å². The minimum absolute atomic E-state index is 0.0642. The van der Waals surface area contributed by atoms with Crippen LogP contribution in [0.25, 0.3) is 0 Å². The molecule has 1 N–H and O–H groups in total. The Bertz CT molecular complexity index is 337. The summed E-state index contributed by atoms with van der Waals surface area (Å²) >= 11 is 0. The van der Waals surface area contributed by atoms with E-state index in [0.717, 1.165) is 18.6 Å². The molecule has 1 aliphatic heterocycles. The Balaban J connectivity index is 1.81. The average Bonchev–Trinajstić information content (AvgIpc) is 2.73. The Labute approximate surface area is 102 Å². The summed E-state index contributed by atoms with van der Waals surface area (Å²) in [5.74, 6) is 1.35. The molecule has 1 fully saturated rings. The van der Waals surface area contributed by atoms with Gasteiger partial charge in [0.25, 0.3) is 0 Å². The van der Waals surface area contributed by atoms with Gasteiger partial charge in [-0.15, -0.1) is 0 Å². The van der Waals surface area contributed by atoms with Crippen LogP contribution in [-0.2, 0) is 22.7 Å². The van der Waals surface area contributed by atoms with Gasteiger partial charge in [-0.3, -0.25) is 0 Å². The Morgan fingerprint density at radius 1 is 1.24 bits per heavy atom. The molecule has 0 radical (unpaired) electrons. The van der Waals surface area contributed by atoms with Crippen LogP contribution < -0.4 is 0 Å². The molecule has 1 saturated heterocycles. The van der Waals surface area contributed by atoms with Crippen LogP contribution in [0.3, 0.4) is 0 Å². The molecule has 0 aromatic carbocycles. The van der Waals surface area contributed by atoms with Crippen molar-refractivity contribution in [2.24, 2.45) is 0 Å². The minimum atomic E-state index is -0.0642. The molecule has 1 aromatic rings. The lowest BCUT2D eigenvalue weighted by Crippen LogP contribution is -2.33. The van der Waals surface area contributed by atoms with Crippen LogP contribution in [-0.4, -0.2) is 23.4 Å². The second-order valence-corrected chi connectivity index (χ2v) is 4.69. The van der Waals surface area contributed by atoms with E-state index in [1.54, 1.807) is 6.07 Å². The highest BCUT2D eigenvalue weighted by atomic mass is 16.5. The molecule has 4 nitrogen and oxygen atoms in total. The highest BCUT2D eigenvalue weighted by Gasteiger charge is 2.25. The summed E-state index contributed by atoms with van der Waals surface area (Å²) in [4.78, 5) is 0. The number of aliphatic hydroxyl groups is 1. The monoisotopic (exact) mass is 240 g/mol. The summed E-state index contributed by atoms with van der Waals surface area (Å²) in [6.07, 6.45) is 2.61. The molecule has 2 heterocycles. The predicted octanol–water partition coefficient (Wildman–Crippen LogP) is 2.24. The fourth-order valence-electron chi connectivity index (χ4n) is 2.27. The van der Waals surface area contributed by atoms with Gasteiger partial charge in [-0.05, 0) is 38.8 Å². The summed E-state index contributed by atoms with van der Waals surface area (Å²) in [7, 11) is 0. The summed E-state index contributed by atoms with van der Waals surface area (Å²) < 4.78 is 16.8. The van der Waals surface area contributed by atoms with Gasteiger partial charge in [-0.25, -0.2) is 0 Å². The van der Waals surface area contributed by atoms with Crippen molar-refractivity contribution in [3.63, 3.8) is 0 Å². The first-order valence-corrected chi connectivity index (χ1v) is 6.13. The van der Waals surface area contributed by atoms with E-state index in [2.05, 4.69) is 13.8 Å². The summed E-state index contributed by atoms with van der Waals surface area (Å²) in [5, 5.41) is 8.89. The van der Waals surface area contributed by atoms with E-state index in [-0.39, 0.29) is 24.9 Å². The third-order valence-electron chi connectivity index (χ3n) is 2.99. The van der Waals surface area contributed by atoms with Crippen molar-refractivity contribution >= 4 is 0 Å². The molecule has 96 valence electrons. The van der Waals surface area contributed by atoms with Crippen LogP contribution >= 0.6 is 0 Å². The highest BCUT2D eigenvalue weighted by molar-refractivity contribution is 5.05. The Hall–Kier alpha value is -0.840. The Morgan fingerprint density at radius 3 is 2.47 bits per heavy atom. The molecule has 0 spiro atoms. The topological polar surface area (TPSA) is 51.8 Å². The van der Waals surface area contributed by atoms with E-state index in [1.165, 1.54) is 0 Å². The van der Waals surface area contributed by atoms with Crippen LogP contribution in [0.4, 0.5) is 0 Å². The molecule has 2 unspecified atom stereocenters. The van der Waals surface area contributed by atoms with Crippen molar-refractivity contribution in [1.82, 2.24) is 0 Å². The summed E-state index contributed by atoms with van der Waals surface area (Å²) in [6.45, 7) is 4.54. The molecule has 0 bridgehead atoms. The van der Waals surface area contributed by atoms with Gasteiger partial charge in [0.1, 0.15) is 24.7 Å². The first kappa shape index (κ1) is 12.6. The van der Waals surface area contributed by atoms with Gasteiger partial charge >= 0.3 is 0 Å². The molecular weight excluding hydrogens is 220 g/mol. The van der Waals surface area contributed by atoms with Gasteiger partial charge in [0, 0.05) is 0 Å². The molecule has 4 heteroatoms. The maximum atomic E-state index is 8.89. The van der Waals surface area contributed by atoms with Gasteiger partial charge in [-0.1, -0.05) is 0 Å². The van der Waals surface area contributed by atoms with E-state index >= 15 is 0 Å². The lowest BCUT2D eigenvalue weighted by molar-refractivity contribution is -0.108. The standard InChI is InChI=1S/C13H20O4/c1-9-5-13(6-10(2)16-9)15-8-12-4-3-11(7-14)17-12/h3-4,9-10,13-14H,5-8H2,1-2H3. The van der Waals surface area contributed by atoms with Crippen LogP contribution in [0.2, 0.25) is 0 Å². The van der Waals surface area contributed by atoms with Gasteiger partial charge in [0.15, 0.2) is 0 Å². The molecular formula is C13H20O4. The normalized spacial score (nSPS) is 29.5. The second kappa shape index (κ2) is 5.67. The summed E-state index contributed by atoms with van der Waals surface area (Å²) in [6, 6.07) is 3.62. The van der Waals surface area contributed by atoms with Crippen LogP contribution in [0.5, 0.6) is 0 Å². The maximum absolute atomic E-state index is 8.89.